The van der Waals surface area contributed by atoms with Crippen molar-refractivity contribution in [2.24, 2.45) is 0 Å². The lowest BCUT2D eigenvalue weighted by atomic mass is 10.3. The van der Waals surface area contributed by atoms with Crippen molar-refractivity contribution in [3.63, 3.8) is 0 Å². The van der Waals surface area contributed by atoms with Crippen LogP contribution in [-0.2, 0) is 0 Å². The molecule has 4 rings (SSSR count). The van der Waals surface area contributed by atoms with Crippen LogP contribution in [0.5, 0.6) is 0 Å². The van der Waals surface area contributed by atoms with Crippen molar-refractivity contribution in [2.45, 2.75) is 25.7 Å². The minimum atomic E-state index is 0.645. The Hall–Kier alpha value is -2.89. The molecule has 3 aromatic rings. The van der Waals surface area contributed by atoms with Gasteiger partial charge in [0.25, 0.3) is 0 Å². The van der Waals surface area contributed by atoms with Crippen molar-refractivity contribution in [2.75, 3.05) is 10.6 Å². The molecule has 116 valence electrons. The predicted octanol–water partition coefficient (Wildman–Crippen LogP) is 3.87. The van der Waals surface area contributed by atoms with E-state index in [9.17, 15) is 0 Å². The molecule has 23 heavy (non-hydrogen) atoms. The molecule has 0 radical (unpaired) electrons. The van der Waals surface area contributed by atoms with E-state index in [1.807, 2.05) is 37.3 Å². The molecule has 6 nitrogen and oxygen atoms in total. The van der Waals surface area contributed by atoms with Crippen LogP contribution in [-0.4, -0.2) is 20.2 Å². The highest BCUT2D eigenvalue weighted by atomic mass is 15.2. The summed E-state index contributed by atoms with van der Waals surface area (Å²) in [5.41, 5.74) is 3.00. The van der Waals surface area contributed by atoms with Crippen molar-refractivity contribution in [1.82, 2.24) is 20.2 Å². The Morgan fingerprint density at radius 3 is 2.74 bits per heavy atom. The van der Waals surface area contributed by atoms with E-state index in [-0.39, 0.29) is 0 Å². The zero-order chi connectivity index (χ0) is 15.6. The third-order valence-corrected chi connectivity index (χ3v) is 3.82. The van der Waals surface area contributed by atoms with Gasteiger partial charge in [-0.15, -0.1) is 0 Å². The molecule has 2 heterocycles. The molecule has 2 aromatic heterocycles. The van der Waals surface area contributed by atoms with E-state index in [2.05, 4.69) is 36.9 Å². The molecule has 1 saturated carbocycles. The van der Waals surface area contributed by atoms with Gasteiger partial charge in [0, 0.05) is 23.4 Å². The maximum absolute atomic E-state index is 4.50. The fraction of sp³-hybridized carbons (Fsp3) is 0.235. The lowest BCUT2D eigenvalue weighted by Crippen LogP contribution is -2.03. The highest BCUT2D eigenvalue weighted by molar-refractivity contribution is 5.73. The van der Waals surface area contributed by atoms with E-state index >= 15 is 0 Å². The van der Waals surface area contributed by atoms with Crippen LogP contribution in [0.25, 0.3) is 0 Å². The molecular weight excluding hydrogens is 288 g/mol. The number of anilines is 4. The van der Waals surface area contributed by atoms with Crippen LogP contribution >= 0.6 is 0 Å². The number of benzene rings is 1. The SMILES string of the molecule is Cc1ncc(Nc2ccccc2)c(Nc2cc(C3CC3)[nH]n2)n1. The first-order valence-corrected chi connectivity index (χ1v) is 7.76. The first kappa shape index (κ1) is 13.8. The number of hydrogen-bond donors (Lipinski definition) is 3. The first-order valence-electron chi connectivity index (χ1n) is 7.76. The van der Waals surface area contributed by atoms with Gasteiger partial charge in [0.2, 0.25) is 0 Å². The normalized spacial score (nSPS) is 13.8. The van der Waals surface area contributed by atoms with Gasteiger partial charge in [0.15, 0.2) is 11.6 Å². The molecule has 0 saturated heterocycles. The van der Waals surface area contributed by atoms with Crippen LogP contribution in [0.1, 0.15) is 30.3 Å². The van der Waals surface area contributed by atoms with Gasteiger partial charge in [0.05, 0.1) is 6.20 Å². The molecule has 3 N–H and O–H groups in total. The van der Waals surface area contributed by atoms with Gasteiger partial charge in [0.1, 0.15) is 11.5 Å². The smallest absolute Gasteiger partial charge is 0.159 e. The quantitative estimate of drug-likeness (QED) is 0.667. The summed E-state index contributed by atoms with van der Waals surface area (Å²) in [5.74, 6) is 2.85. The van der Waals surface area contributed by atoms with Crippen molar-refractivity contribution in [3.05, 3.63) is 54.1 Å². The molecule has 1 aromatic carbocycles. The molecule has 1 aliphatic carbocycles. The zero-order valence-corrected chi connectivity index (χ0v) is 12.9. The van der Waals surface area contributed by atoms with Crippen LogP contribution in [0.15, 0.2) is 42.6 Å². The molecular formula is C17H18N6. The molecule has 0 bridgehead atoms. The van der Waals surface area contributed by atoms with Crippen molar-refractivity contribution >= 4 is 23.0 Å². The molecule has 1 fully saturated rings. The zero-order valence-electron chi connectivity index (χ0n) is 12.9. The maximum atomic E-state index is 4.50. The second kappa shape index (κ2) is 5.72. The van der Waals surface area contributed by atoms with Gasteiger partial charge in [-0.05, 0) is 31.9 Å². The van der Waals surface area contributed by atoms with E-state index in [0.717, 1.165) is 23.0 Å². The average molecular weight is 306 g/mol. The van der Waals surface area contributed by atoms with E-state index in [4.69, 9.17) is 0 Å². The van der Waals surface area contributed by atoms with Gasteiger partial charge >= 0.3 is 0 Å². The summed E-state index contributed by atoms with van der Waals surface area (Å²) in [6, 6.07) is 12.0. The van der Waals surface area contributed by atoms with Gasteiger partial charge in [-0.2, -0.15) is 5.10 Å². The third-order valence-electron chi connectivity index (χ3n) is 3.82. The molecule has 0 unspecified atom stereocenters. The third kappa shape index (κ3) is 3.15. The number of aromatic nitrogens is 4. The van der Waals surface area contributed by atoms with Crippen LogP contribution in [0.3, 0.4) is 0 Å². The highest BCUT2D eigenvalue weighted by Gasteiger charge is 2.25. The number of aryl methyl sites for hydroxylation is 1. The number of hydrogen-bond acceptors (Lipinski definition) is 5. The Morgan fingerprint density at radius 1 is 1.13 bits per heavy atom. The van der Waals surface area contributed by atoms with Gasteiger partial charge < -0.3 is 10.6 Å². The Morgan fingerprint density at radius 2 is 1.96 bits per heavy atom. The summed E-state index contributed by atoms with van der Waals surface area (Å²) >= 11 is 0. The Bertz CT molecular complexity index is 807. The van der Waals surface area contributed by atoms with Gasteiger partial charge in [-0.25, -0.2) is 9.97 Å². The minimum Gasteiger partial charge on any atom is -0.351 e. The first-order chi connectivity index (χ1) is 11.3. The Labute approximate surface area is 134 Å². The lowest BCUT2D eigenvalue weighted by Gasteiger charge is -2.11. The lowest BCUT2D eigenvalue weighted by molar-refractivity contribution is 0.965. The number of H-pyrrole nitrogens is 1. The van der Waals surface area contributed by atoms with E-state index < -0.39 is 0 Å². The van der Waals surface area contributed by atoms with E-state index in [0.29, 0.717) is 11.7 Å². The number of nitrogens with zero attached hydrogens (tertiary/aromatic N) is 3. The molecule has 1 aliphatic rings. The summed E-state index contributed by atoms with van der Waals surface area (Å²) in [7, 11) is 0. The molecule has 0 aliphatic heterocycles. The maximum Gasteiger partial charge on any atom is 0.159 e. The summed E-state index contributed by atoms with van der Waals surface area (Å²) < 4.78 is 0. The minimum absolute atomic E-state index is 0.645. The standard InChI is InChI=1S/C17H18N6/c1-11-18-10-15(20-13-5-3-2-4-6-13)17(19-11)21-16-9-14(22-23-16)12-7-8-12/h2-6,9-10,12,20H,7-8H2,1H3,(H2,18,19,21,22,23). The van der Waals surface area contributed by atoms with Crippen LogP contribution in [0, 0.1) is 6.92 Å². The van der Waals surface area contributed by atoms with Gasteiger partial charge in [-0.3, -0.25) is 5.10 Å². The second-order valence-corrected chi connectivity index (χ2v) is 5.78. The van der Waals surface area contributed by atoms with Crippen LogP contribution < -0.4 is 10.6 Å². The fourth-order valence-electron chi connectivity index (χ4n) is 2.46. The van der Waals surface area contributed by atoms with E-state index in [1.54, 1.807) is 6.20 Å². The molecule has 0 spiro atoms. The van der Waals surface area contributed by atoms with Crippen LogP contribution in [0.4, 0.5) is 23.0 Å². The highest BCUT2D eigenvalue weighted by Crippen LogP contribution is 2.39. The fourth-order valence-corrected chi connectivity index (χ4v) is 2.46. The van der Waals surface area contributed by atoms with Crippen LogP contribution in [0.2, 0.25) is 0 Å². The Kier molecular flexibility index (Phi) is 3.42. The topological polar surface area (TPSA) is 78.5 Å². The molecule has 0 amide bonds. The molecule has 0 atom stereocenters. The number of aromatic amines is 1. The van der Waals surface area contributed by atoms with Crippen molar-refractivity contribution in [3.8, 4) is 0 Å². The summed E-state index contributed by atoms with van der Waals surface area (Å²) in [5, 5.41) is 14.0. The number of nitrogens with one attached hydrogen (secondary N) is 3. The van der Waals surface area contributed by atoms with Crippen molar-refractivity contribution < 1.29 is 0 Å². The molecule has 6 heteroatoms. The predicted molar refractivity (Wildman–Crippen MR) is 90.3 cm³/mol. The summed E-state index contributed by atoms with van der Waals surface area (Å²) in [6.07, 6.45) is 4.27. The average Bonchev–Trinajstić information content (AvgIpc) is 3.31. The number of para-hydroxylation sites is 1. The summed E-state index contributed by atoms with van der Waals surface area (Å²) in [4.78, 5) is 8.77. The summed E-state index contributed by atoms with van der Waals surface area (Å²) in [6.45, 7) is 1.87. The van der Waals surface area contributed by atoms with Crippen molar-refractivity contribution in [1.29, 1.82) is 0 Å². The largest absolute Gasteiger partial charge is 0.351 e. The second-order valence-electron chi connectivity index (χ2n) is 5.78. The van der Waals surface area contributed by atoms with E-state index in [1.165, 1.54) is 18.5 Å². The van der Waals surface area contributed by atoms with Gasteiger partial charge in [-0.1, -0.05) is 18.2 Å². The Balaban J connectivity index is 1.59. The number of rotatable bonds is 5. The monoisotopic (exact) mass is 306 g/mol.